The molecule has 116 valence electrons. The summed E-state index contributed by atoms with van der Waals surface area (Å²) in [6.07, 6.45) is -3.76. The van der Waals surface area contributed by atoms with Crippen LogP contribution in [0.5, 0.6) is 0 Å². The monoisotopic (exact) mass is 321 g/mol. The molecule has 0 aliphatic rings. The molecule has 0 amide bonds. The maximum atomic E-state index is 12.5. The van der Waals surface area contributed by atoms with Gasteiger partial charge in [0.1, 0.15) is 0 Å². The Morgan fingerprint density at radius 1 is 1.24 bits per heavy atom. The molecule has 1 atom stereocenters. The van der Waals surface area contributed by atoms with Crippen molar-refractivity contribution in [3.8, 4) is 11.5 Å². The molecule has 1 heterocycles. The van der Waals surface area contributed by atoms with Crippen molar-refractivity contribution >= 4 is 12.4 Å². The Morgan fingerprint density at radius 3 is 2.38 bits per heavy atom. The summed E-state index contributed by atoms with van der Waals surface area (Å²) in [6, 6.07) is 4.82. The minimum atomic E-state index is -4.35. The molecule has 0 saturated heterocycles. The highest BCUT2D eigenvalue weighted by atomic mass is 35.5. The third-order valence-corrected chi connectivity index (χ3v) is 2.91. The van der Waals surface area contributed by atoms with E-state index in [9.17, 15) is 13.2 Å². The number of rotatable bonds is 4. The average molecular weight is 322 g/mol. The maximum absolute atomic E-state index is 12.5. The second-order valence-electron chi connectivity index (χ2n) is 4.48. The molecule has 0 radical (unpaired) electrons. The van der Waals surface area contributed by atoms with Crippen LogP contribution in [0, 0.1) is 0 Å². The molecule has 0 fully saturated rings. The number of alkyl halides is 3. The number of likely N-dealkylation sites (N-methyl/N-ethyl adjacent to an activating group) is 1. The van der Waals surface area contributed by atoms with E-state index in [0.29, 0.717) is 17.8 Å². The number of nitrogens with one attached hydrogen (secondary N) is 1. The van der Waals surface area contributed by atoms with Gasteiger partial charge in [0, 0.05) is 18.0 Å². The molecule has 0 spiro atoms. The first kappa shape index (κ1) is 17.5. The second kappa shape index (κ2) is 6.91. The van der Waals surface area contributed by atoms with E-state index in [2.05, 4.69) is 15.5 Å². The van der Waals surface area contributed by atoms with Gasteiger partial charge in [-0.25, -0.2) is 0 Å². The van der Waals surface area contributed by atoms with Crippen LogP contribution in [0.1, 0.15) is 18.3 Å². The molecule has 0 bridgehead atoms. The van der Waals surface area contributed by atoms with Gasteiger partial charge in [-0.2, -0.15) is 18.2 Å². The van der Waals surface area contributed by atoms with Crippen molar-refractivity contribution in [1.29, 1.82) is 0 Å². The molecular formula is C13H15ClF3N3O. The predicted molar refractivity (Wildman–Crippen MR) is 74.2 cm³/mol. The zero-order valence-electron chi connectivity index (χ0n) is 11.4. The highest BCUT2D eigenvalue weighted by Crippen LogP contribution is 2.30. The molecule has 8 heteroatoms. The van der Waals surface area contributed by atoms with Gasteiger partial charge in [-0.1, -0.05) is 5.16 Å². The summed E-state index contributed by atoms with van der Waals surface area (Å²) in [6.45, 7) is 1.97. The molecule has 2 aromatic rings. The maximum Gasteiger partial charge on any atom is 0.416 e. The highest BCUT2D eigenvalue weighted by molar-refractivity contribution is 5.85. The molecule has 4 nitrogen and oxygen atoms in total. The van der Waals surface area contributed by atoms with E-state index in [-0.39, 0.29) is 24.3 Å². The van der Waals surface area contributed by atoms with Crippen LogP contribution in [0.3, 0.4) is 0 Å². The number of aromatic nitrogens is 2. The Balaban J connectivity index is 0.00000220. The van der Waals surface area contributed by atoms with Crippen molar-refractivity contribution in [3.63, 3.8) is 0 Å². The summed E-state index contributed by atoms with van der Waals surface area (Å²) in [5.41, 5.74) is -0.237. The predicted octanol–water partition coefficient (Wildman–Crippen LogP) is 3.33. The summed E-state index contributed by atoms with van der Waals surface area (Å²) in [7, 11) is 1.82. The van der Waals surface area contributed by atoms with Crippen LogP contribution >= 0.6 is 12.4 Å². The van der Waals surface area contributed by atoms with Crippen LogP contribution in [-0.2, 0) is 12.6 Å². The van der Waals surface area contributed by atoms with Crippen LogP contribution in [-0.4, -0.2) is 23.2 Å². The smallest absolute Gasteiger partial charge is 0.334 e. The van der Waals surface area contributed by atoms with Gasteiger partial charge in [0.2, 0.25) is 0 Å². The zero-order valence-corrected chi connectivity index (χ0v) is 12.3. The Hall–Kier alpha value is -1.60. The number of benzene rings is 1. The minimum absolute atomic E-state index is 0. The summed E-state index contributed by atoms with van der Waals surface area (Å²) >= 11 is 0. The van der Waals surface area contributed by atoms with E-state index in [4.69, 9.17) is 4.52 Å². The number of halogens is 4. The van der Waals surface area contributed by atoms with Crippen molar-refractivity contribution in [2.45, 2.75) is 25.6 Å². The lowest BCUT2D eigenvalue weighted by molar-refractivity contribution is -0.137. The van der Waals surface area contributed by atoms with Gasteiger partial charge in [-0.05, 0) is 38.2 Å². The first-order valence-electron chi connectivity index (χ1n) is 6.07. The van der Waals surface area contributed by atoms with Crippen molar-refractivity contribution in [1.82, 2.24) is 15.5 Å². The van der Waals surface area contributed by atoms with Gasteiger partial charge in [0.05, 0.1) is 5.56 Å². The molecule has 1 N–H and O–H groups in total. The van der Waals surface area contributed by atoms with Crippen LogP contribution in [0.4, 0.5) is 13.2 Å². The molecule has 1 aromatic heterocycles. The van der Waals surface area contributed by atoms with Crippen molar-refractivity contribution < 1.29 is 17.7 Å². The summed E-state index contributed by atoms with van der Waals surface area (Å²) < 4.78 is 42.4. The first-order valence-corrected chi connectivity index (χ1v) is 6.07. The van der Waals surface area contributed by atoms with E-state index < -0.39 is 11.7 Å². The van der Waals surface area contributed by atoms with Crippen molar-refractivity contribution in [2.24, 2.45) is 0 Å². The number of hydrogen-bond acceptors (Lipinski definition) is 4. The summed E-state index contributed by atoms with van der Waals surface area (Å²) in [4.78, 5) is 4.16. The molecule has 1 unspecified atom stereocenters. The fourth-order valence-electron chi connectivity index (χ4n) is 1.63. The zero-order chi connectivity index (χ0) is 14.8. The van der Waals surface area contributed by atoms with Crippen LogP contribution in [0.2, 0.25) is 0 Å². The van der Waals surface area contributed by atoms with Gasteiger partial charge < -0.3 is 9.84 Å². The minimum Gasteiger partial charge on any atom is -0.334 e. The van der Waals surface area contributed by atoms with Crippen molar-refractivity contribution in [3.05, 3.63) is 35.7 Å². The molecule has 2 rings (SSSR count). The van der Waals surface area contributed by atoms with Crippen LogP contribution in [0.15, 0.2) is 28.8 Å². The quantitative estimate of drug-likeness (QED) is 0.938. The topological polar surface area (TPSA) is 51.0 Å². The fourth-order valence-corrected chi connectivity index (χ4v) is 1.63. The first-order chi connectivity index (χ1) is 9.40. The molecular weight excluding hydrogens is 307 g/mol. The number of hydrogen-bond donors (Lipinski definition) is 1. The van der Waals surface area contributed by atoms with Crippen molar-refractivity contribution in [2.75, 3.05) is 7.05 Å². The molecule has 21 heavy (non-hydrogen) atoms. The van der Waals surface area contributed by atoms with Gasteiger partial charge in [-0.3, -0.25) is 0 Å². The number of nitrogens with zero attached hydrogens (tertiary/aromatic N) is 2. The van der Waals surface area contributed by atoms with Crippen LogP contribution < -0.4 is 5.32 Å². The SMILES string of the molecule is CNC(C)Cc1noc(-c2ccc(C(F)(F)F)cc2)n1.Cl. The van der Waals surface area contributed by atoms with Gasteiger partial charge >= 0.3 is 6.18 Å². The lowest BCUT2D eigenvalue weighted by Gasteiger charge is -2.06. The second-order valence-corrected chi connectivity index (χ2v) is 4.48. The normalized spacial score (nSPS) is 12.8. The van der Waals surface area contributed by atoms with Gasteiger partial charge in [0.25, 0.3) is 5.89 Å². The lowest BCUT2D eigenvalue weighted by Crippen LogP contribution is -2.24. The third kappa shape index (κ3) is 4.44. The highest BCUT2D eigenvalue weighted by Gasteiger charge is 2.30. The fraction of sp³-hybridized carbons (Fsp3) is 0.385. The molecule has 0 aliphatic heterocycles. The van der Waals surface area contributed by atoms with E-state index >= 15 is 0 Å². The summed E-state index contributed by atoms with van der Waals surface area (Å²) in [5, 5.41) is 6.84. The Kier molecular flexibility index (Phi) is 5.74. The van der Waals surface area contributed by atoms with E-state index in [1.54, 1.807) is 0 Å². The van der Waals surface area contributed by atoms with E-state index in [1.807, 2.05) is 14.0 Å². The molecule has 0 saturated carbocycles. The van der Waals surface area contributed by atoms with E-state index in [0.717, 1.165) is 12.1 Å². The molecule has 1 aromatic carbocycles. The third-order valence-electron chi connectivity index (χ3n) is 2.91. The van der Waals surface area contributed by atoms with Gasteiger partial charge in [-0.15, -0.1) is 12.4 Å². The van der Waals surface area contributed by atoms with Crippen LogP contribution in [0.25, 0.3) is 11.5 Å². The lowest BCUT2D eigenvalue weighted by atomic mass is 10.1. The Morgan fingerprint density at radius 2 is 1.86 bits per heavy atom. The largest absolute Gasteiger partial charge is 0.416 e. The van der Waals surface area contributed by atoms with E-state index in [1.165, 1.54) is 12.1 Å². The standard InChI is InChI=1S/C13H14F3N3O.ClH/c1-8(17-2)7-11-18-12(20-19-11)9-3-5-10(6-4-9)13(14,15)16;/h3-6,8,17H,7H2,1-2H3;1H. The molecule has 0 aliphatic carbocycles. The Bertz CT molecular complexity index is 569. The average Bonchev–Trinajstić information content (AvgIpc) is 2.86. The summed E-state index contributed by atoms with van der Waals surface area (Å²) in [5.74, 6) is 0.735. The van der Waals surface area contributed by atoms with Gasteiger partial charge in [0.15, 0.2) is 5.82 Å². The Labute approximate surface area is 126 Å².